The lowest BCUT2D eigenvalue weighted by molar-refractivity contribution is 0.755. The van der Waals surface area contributed by atoms with Gasteiger partial charge in [0.1, 0.15) is 0 Å². The summed E-state index contributed by atoms with van der Waals surface area (Å²) in [7, 11) is 2.02. The van der Waals surface area contributed by atoms with Crippen LogP contribution in [0.5, 0.6) is 0 Å². The Morgan fingerprint density at radius 3 is 2.76 bits per heavy atom. The zero-order valence-corrected chi connectivity index (χ0v) is 13.0. The molecule has 110 valence electrons. The lowest BCUT2D eigenvalue weighted by atomic mass is 10.1. The highest BCUT2D eigenvalue weighted by atomic mass is 15.1. The van der Waals surface area contributed by atoms with Gasteiger partial charge in [0.25, 0.3) is 0 Å². The van der Waals surface area contributed by atoms with Crippen LogP contribution in [0.1, 0.15) is 29.5 Å². The first-order chi connectivity index (χ1) is 10.3. The highest BCUT2D eigenvalue weighted by molar-refractivity contribution is 5.70. The molecule has 2 aromatic carbocycles. The fourth-order valence-corrected chi connectivity index (χ4v) is 3.25. The average molecular weight is 280 g/mol. The van der Waals surface area contributed by atoms with Gasteiger partial charge in [0, 0.05) is 24.5 Å². The van der Waals surface area contributed by atoms with Crippen LogP contribution in [-0.2, 0) is 13.0 Å². The van der Waals surface area contributed by atoms with Gasteiger partial charge in [0.2, 0.25) is 0 Å². The Kier molecular flexibility index (Phi) is 4.26. The van der Waals surface area contributed by atoms with Gasteiger partial charge in [-0.2, -0.15) is 0 Å². The maximum absolute atomic E-state index is 3.30. The molecule has 0 saturated heterocycles. The minimum Gasteiger partial charge on any atom is -0.341 e. The van der Waals surface area contributed by atoms with E-state index >= 15 is 0 Å². The summed E-state index contributed by atoms with van der Waals surface area (Å²) in [5.41, 5.74) is 6.92. The van der Waals surface area contributed by atoms with E-state index in [1.165, 1.54) is 47.3 Å². The van der Waals surface area contributed by atoms with Gasteiger partial charge < -0.3 is 10.2 Å². The van der Waals surface area contributed by atoms with E-state index < -0.39 is 0 Å². The Bertz CT molecular complexity index is 619. The third-order valence-electron chi connectivity index (χ3n) is 4.25. The lowest BCUT2D eigenvalue weighted by Crippen LogP contribution is -2.21. The SMILES string of the molecule is CNCc1cc(C)ccc1N1CCCCc2ccccc21. The number of nitrogens with one attached hydrogen (secondary N) is 1. The minimum absolute atomic E-state index is 0.912. The van der Waals surface area contributed by atoms with E-state index in [0.717, 1.165) is 13.1 Å². The first kappa shape index (κ1) is 14.2. The second kappa shape index (κ2) is 6.31. The van der Waals surface area contributed by atoms with Crippen LogP contribution < -0.4 is 10.2 Å². The molecule has 0 atom stereocenters. The molecule has 0 saturated carbocycles. The van der Waals surface area contributed by atoms with Gasteiger partial charge in [-0.1, -0.05) is 35.9 Å². The smallest absolute Gasteiger partial charge is 0.0456 e. The molecule has 2 aromatic rings. The van der Waals surface area contributed by atoms with Crippen molar-refractivity contribution in [3.8, 4) is 0 Å². The summed E-state index contributed by atoms with van der Waals surface area (Å²) < 4.78 is 0. The summed E-state index contributed by atoms with van der Waals surface area (Å²) in [5, 5.41) is 3.30. The number of rotatable bonds is 3. The standard InChI is InChI=1S/C19H24N2/c1-15-10-11-19(17(13-15)14-20-2)21-12-6-5-8-16-7-3-4-9-18(16)21/h3-4,7,9-11,13,20H,5-6,8,12,14H2,1-2H3. The van der Waals surface area contributed by atoms with E-state index in [9.17, 15) is 0 Å². The number of anilines is 2. The van der Waals surface area contributed by atoms with Crippen LogP contribution in [0.2, 0.25) is 0 Å². The fraction of sp³-hybridized carbons (Fsp3) is 0.368. The molecule has 0 amide bonds. The largest absolute Gasteiger partial charge is 0.341 e. The molecule has 0 unspecified atom stereocenters. The monoisotopic (exact) mass is 280 g/mol. The summed E-state index contributed by atoms with van der Waals surface area (Å²) in [6.07, 6.45) is 3.72. The van der Waals surface area contributed by atoms with Gasteiger partial charge in [-0.25, -0.2) is 0 Å². The van der Waals surface area contributed by atoms with Crippen molar-refractivity contribution in [1.29, 1.82) is 0 Å². The molecule has 1 heterocycles. The van der Waals surface area contributed by atoms with Gasteiger partial charge in [0.15, 0.2) is 0 Å². The van der Waals surface area contributed by atoms with E-state index in [1.54, 1.807) is 0 Å². The molecule has 0 radical (unpaired) electrons. The van der Waals surface area contributed by atoms with Gasteiger partial charge in [0.05, 0.1) is 0 Å². The van der Waals surface area contributed by atoms with Gasteiger partial charge in [-0.15, -0.1) is 0 Å². The summed E-state index contributed by atoms with van der Waals surface area (Å²) in [4.78, 5) is 2.51. The fourth-order valence-electron chi connectivity index (χ4n) is 3.25. The second-order valence-corrected chi connectivity index (χ2v) is 5.90. The first-order valence-corrected chi connectivity index (χ1v) is 7.89. The topological polar surface area (TPSA) is 15.3 Å². The average Bonchev–Trinajstić information content (AvgIpc) is 2.70. The highest BCUT2D eigenvalue weighted by Gasteiger charge is 2.18. The van der Waals surface area contributed by atoms with E-state index in [1.807, 2.05) is 7.05 Å². The number of fused-ring (bicyclic) bond motifs is 1. The van der Waals surface area contributed by atoms with Crippen LogP contribution in [0.15, 0.2) is 42.5 Å². The van der Waals surface area contributed by atoms with Crippen molar-refractivity contribution in [2.24, 2.45) is 0 Å². The number of hydrogen-bond donors (Lipinski definition) is 1. The van der Waals surface area contributed by atoms with Gasteiger partial charge in [-0.05, 0) is 56.5 Å². The van der Waals surface area contributed by atoms with E-state index in [2.05, 4.69) is 59.6 Å². The summed E-state index contributed by atoms with van der Waals surface area (Å²) in [5.74, 6) is 0. The molecule has 0 spiro atoms. The Labute approximate surface area is 127 Å². The molecule has 2 heteroatoms. The van der Waals surface area contributed by atoms with Crippen LogP contribution in [0, 0.1) is 6.92 Å². The highest BCUT2D eigenvalue weighted by Crippen LogP contribution is 2.34. The summed E-state index contributed by atoms with van der Waals surface area (Å²) >= 11 is 0. The molecule has 0 bridgehead atoms. The molecule has 1 N–H and O–H groups in total. The maximum atomic E-state index is 3.30. The Morgan fingerprint density at radius 2 is 1.90 bits per heavy atom. The Morgan fingerprint density at radius 1 is 1.05 bits per heavy atom. The lowest BCUT2D eigenvalue weighted by Gasteiger charge is -2.27. The second-order valence-electron chi connectivity index (χ2n) is 5.90. The quantitative estimate of drug-likeness (QED) is 0.907. The van der Waals surface area contributed by atoms with Crippen molar-refractivity contribution in [2.45, 2.75) is 32.7 Å². The third kappa shape index (κ3) is 2.96. The molecule has 0 aliphatic carbocycles. The van der Waals surface area contributed by atoms with Crippen molar-refractivity contribution in [3.63, 3.8) is 0 Å². The van der Waals surface area contributed by atoms with Crippen molar-refractivity contribution in [1.82, 2.24) is 5.32 Å². The van der Waals surface area contributed by atoms with Crippen molar-refractivity contribution >= 4 is 11.4 Å². The first-order valence-electron chi connectivity index (χ1n) is 7.89. The van der Waals surface area contributed by atoms with Gasteiger partial charge >= 0.3 is 0 Å². The van der Waals surface area contributed by atoms with Crippen molar-refractivity contribution < 1.29 is 0 Å². The number of para-hydroxylation sites is 1. The van der Waals surface area contributed by atoms with Crippen molar-refractivity contribution in [2.75, 3.05) is 18.5 Å². The molecular weight excluding hydrogens is 256 g/mol. The molecular formula is C19H24N2. The molecule has 0 aromatic heterocycles. The summed E-state index contributed by atoms with van der Waals surface area (Å²) in [6.45, 7) is 4.19. The van der Waals surface area contributed by atoms with Gasteiger partial charge in [-0.3, -0.25) is 0 Å². The molecule has 3 rings (SSSR count). The predicted octanol–water partition coefficient (Wildman–Crippen LogP) is 4.19. The van der Waals surface area contributed by atoms with Crippen LogP contribution in [0.3, 0.4) is 0 Å². The number of aryl methyl sites for hydroxylation is 2. The van der Waals surface area contributed by atoms with Crippen LogP contribution in [0.4, 0.5) is 11.4 Å². The van der Waals surface area contributed by atoms with Crippen LogP contribution >= 0.6 is 0 Å². The van der Waals surface area contributed by atoms with Crippen LogP contribution in [0.25, 0.3) is 0 Å². The predicted molar refractivity (Wildman–Crippen MR) is 90.3 cm³/mol. The van der Waals surface area contributed by atoms with E-state index in [4.69, 9.17) is 0 Å². The van der Waals surface area contributed by atoms with Crippen molar-refractivity contribution in [3.05, 3.63) is 59.2 Å². The molecule has 1 aliphatic rings. The minimum atomic E-state index is 0.912. The van der Waals surface area contributed by atoms with Crippen LogP contribution in [-0.4, -0.2) is 13.6 Å². The third-order valence-corrected chi connectivity index (χ3v) is 4.25. The maximum Gasteiger partial charge on any atom is 0.0456 e. The zero-order chi connectivity index (χ0) is 14.7. The Balaban J connectivity index is 2.07. The molecule has 0 fully saturated rings. The zero-order valence-electron chi connectivity index (χ0n) is 13.0. The molecule has 2 nitrogen and oxygen atoms in total. The normalized spacial score (nSPS) is 14.7. The number of benzene rings is 2. The van der Waals surface area contributed by atoms with E-state index in [0.29, 0.717) is 0 Å². The Hall–Kier alpha value is -1.80. The summed E-state index contributed by atoms with van der Waals surface area (Å²) in [6, 6.07) is 15.7. The number of nitrogens with zero attached hydrogens (tertiary/aromatic N) is 1. The molecule has 21 heavy (non-hydrogen) atoms. The number of hydrogen-bond acceptors (Lipinski definition) is 2. The molecule has 1 aliphatic heterocycles. The van der Waals surface area contributed by atoms with E-state index in [-0.39, 0.29) is 0 Å².